The zero-order valence-electron chi connectivity index (χ0n) is 19.6. The Hall–Kier alpha value is -3.24. The van der Waals surface area contributed by atoms with Gasteiger partial charge in [-0.25, -0.2) is 9.59 Å². The Kier molecular flexibility index (Phi) is 7.73. The van der Waals surface area contributed by atoms with Crippen molar-refractivity contribution in [3.8, 4) is 5.75 Å². The number of likely N-dealkylation sites (N-methyl/N-ethyl adjacent to an activating group) is 1. The number of esters is 1. The summed E-state index contributed by atoms with van der Waals surface area (Å²) < 4.78 is 10.2. The molecule has 2 amide bonds. The van der Waals surface area contributed by atoms with Crippen LogP contribution in [0.25, 0.3) is 0 Å². The van der Waals surface area contributed by atoms with Gasteiger partial charge in [0.2, 0.25) is 6.29 Å². The Balaban J connectivity index is 1.61. The Labute approximate surface area is 201 Å². The van der Waals surface area contributed by atoms with E-state index in [0.717, 1.165) is 10.4 Å². The summed E-state index contributed by atoms with van der Waals surface area (Å²) in [4.78, 5) is 51.4. The Bertz CT molecular complexity index is 1070. The molecule has 1 N–H and O–H groups in total. The molecule has 1 aliphatic rings. The Morgan fingerprint density at radius 2 is 1.91 bits per heavy atom. The van der Waals surface area contributed by atoms with Crippen LogP contribution in [0.3, 0.4) is 0 Å². The van der Waals surface area contributed by atoms with Gasteiger partial charge >= 0.3 is 12.1 Å². The second-order valence-corrected chi connectivity index (χ2v) is 10.2. The van der Waals surface area contributed by atoms with Crippen LogP contribution in [0, 0.1) is 0 Å². The van der Waals surface area contributed by atoms with E-state index in [9.17, 15) is 24.3 Å². The van der Waals surface area contributed by atoms with E-state index in [1.165, 1.54) is 28.4 Å². The fraction of sp³-hybridized carbons (Fsp3) is 0.417. The van der Waals surface area contributed by atoms with Crippen molar-refractivity contribution in [2.75, 3.05) is 20.1 Å². The highest BCUT2D eigenvalue weighted by Crippen LogP contribution is 2.30. The van der Waals surface area contributed by atoms with Crippen LogP contribution < -0.4 is 4.74 Å². The number of rotatable bonds is 6. The van der Waals surface area contributed by atoms with Crippen molar-refractivity contribution in [3.63, 3.8) is 0 Å². The van der Waals surface area contributed by atoms with Gasteiger partial charge in [-0.3, -0.25) is 9.59 Å². The van der Waals surface area contributed by atoms with Crippen LogP contribution in [-0.2, 0) is 27.3 Å². The molecule has 9 nitrogen and oxygen atoms in total. The number of thiophene rings is 1. The third-order valence-corrected chi connectivity index (χ3v) is 6.33. The molecule has 2 aromatic rings. The van der Waals surface area contributed by atoms with Crippen molar-refractivity contribution in [2.45, 2.75) is 45.4 Å². The molecule has 10 heteroatoms. The lowest BCUT2D eigenvalue weighted by atomic mass is 10.1. The van der Waals surface area contributed by atoms with Crippen LogP contribution in [0.1, 0.15) is 52.6 Å². The lowest BCUT2D eigenvalue weighted by Gasteiger charge is -2.29. The van der Waals surface area contributed by atoms with Crippen molar-refractivity contribution >= 4 is 35.6 Å². The van der Waals surface area contributed by atoms with Gasteiger partial charge in [0, 0.05) is 18.5 Å². The first-order valence-electron chi connectivity index (χ1n) is 10.8. The molecule has 0 aliphatic carbocycles. The zero-order valence-corrected chi connectivity index (χ0v) is 20.4. The molecule has 0 bridgehead atoms. The number of aliphatic hydroxyl groups is 1. The van der Waals surface area contributed by atoms with Gasteiger partial charge in [-0.2, -0.15) is 0 Å². The molecule has 0 spiro atoms. The minimum Gasteiger partial charge on any atom is -0.444 e. The van der Waals surface area contributed by atoms with E-state index in [2.05, 4.69) is 0 Å². The number of benzene rings is 1. The van der Waals surface area contributed by atoms with E-state index >= 15 is 0 Å². The molecule has 1 aliphatic heterocycles. The van der Waals surface area contributed by atoms with Gasteiger partial charge in [0.1, 0.15) is 11.4 Å². The van der Waals surface area contributed by atoms with Crippen LogP contribution in [0.5, 0.6) is 5.75 Å². The van der Waals surface area contributed by atoms with Crippen molar-refractivity contribution in [1.82, 2.24) is 9.80 Å². The van der Waals surface area contributed by atoms with E-state index in [-0.39, 0.29) is 30.6 Å². The number of carbonyl (C=O) groups is 4. The molecule has 0 saturated heterocycles. The maximum absolute atomic E-state index is 13.0. The van der Waals surface area contributed by atoms with Gasteiger partial charge in [0.15, 0.2) is 0 Å². The molecule has 1 aromatic carbocycles. The number of aldehydes is 1. The maximum atomic E-state index is 13.0. The lowest BCUT2D eigenvalue weighted by Crippen LogP contribution is -2.39. The molecule has 182 valence electrons. The molecule has 1 aromatic heterocycles. The van der Waals surface area contributed by atoms with Crippen LogP contribution in [0.2, 0.25) is 0 Å². The van der Waals surface area contributed by atoms with Gasteiger partial charge in [0.05, 0.1) is 24.1 Å². The van der Waals surface area contributed by atoms with E-state index in [1.54, 1.807) is 30.1 Å². The normalized spacial score (nSPS) is 14.1. The second kappa shape index (κ2) is 10.4. The van der Waals surface area contributed by atoms with E-state index in [4.69, 9.17) is 9.47 Å². The molecule has 0 saturated carbocycles. The number of amides is 2. The Morgan fingerprint density at radius 3 is 2.53 bits per heavy atom. The van der Waals surface area contributed by atoms with Crippen LogP contribution >= 0.6 is 11.3 Å². The third kappa shape index (κ3) is 6.42. The molecule has 0 radical (unpaired) electrons. The zero-order chi connectivity index (χ0) is 25.0. The number of hydrogen-bond acceptors (Lipinski definition) is 8. The van der Waals surface area contributed by atoms with E-state index in [0.29, 0.717) is 30.0 Å². The van der Waals surface area contributed by atoms with Gasteiger partial charge in [-0.05, 0) is 56.5 Å². The Morgan fingerprint density at radius 1 is 1.24 bits per heavy atom. The minimum atomic E-state index is -1.01. The topological polar surface area (TPSA) is 113 Å². The van der Waals surface area contributed by atoms with Crippen molar-refractivity contribution < 1.29 is 33.8 Å². The van der Waals surface area contributed by atoms with Gasteiger partial charge < -0.3 is 24.4 Å². The van der Waals surface area contributed by atoms with Gasteiger partial charge in [-0.15, -0.1) is 11.3 Å². The summed E-state index contributed by atoms with van der Waals surface area (Å²) in [5.41, 5.74) is 0.889. The fourth-order valence-electron chi connectivity index (χ4n) is 3.45. The van der Waals surface area contributed by atoms with Crippen LogP contribution in [0.15, 0.2) is 30.3 Å². The number of aliphatic hydroxyl groups excluding tert-OH is 1. The molecule has 1 atom stereocenters. The quantitative estimate of drug-likeness (QED) is 0.288. The summed E-state index contributed by atoms with van der Waals surface area (Å²) in [5, 5.41) is 10.5. The number of hydrogen-bond donors (Lipinski definition) is 1. The minimum absolute atomic E-state index is 0.0545. The standard InChI is InChI=1S/C24H28N2O7S/c1-24(2,3)33-23(31)26-10-9-19-16(12-26)11-20(34-19)22(30)25(4)13-18(28)15-5-7-17(8-6-15)32-21(29)14-27/h5-8,11,14,18,28H,9-10,12-13H2,1-4H3. The first kappa shape index (κ1) is 25.4. The van der Waals surface area contributed by atoms with Gasteiger partial charge in [0.25, 0.3) is 5.91 Å². The lowest BCUT2D eigenvalue weighted by molar-refractivity contribution is -0.141. The molecule has 0 fully saturated rings. The highest BCUT2D eigenvalue weighted by molar-refractivity contribution is 7.14. The number of ether oxygens (including phenoxy) is 2. The first-order chi connectivity index (χ1) is 16.0. The molecule has 1 unspecified atom stereocenters. The molecular weight excluding hydrogens is 460 g/mol. The summed E-state index contributed by atoms with van der Waals surface area (Å²) in [6, 6.07) is 7.85. The highest BCUT2D eigenvalue weighted by atomic mass is 32.1. The maximum Gasteiger partial charge on any atom is 0.410 e. The SMILES string of the molecule is CN(CC(O)c1ccc(OC(=O)C=O)cc1)C(=O)c1cc2c(s1)CCN(C(=O)OC(C)(C)C)C2. The van der Waals surface area contributed by atoms with Crippen molar-refractivity contribution in [2.24, 2.45) is 0 Å². The first-order valence-corrected chi connectivity index (χ1v) is 11.6. The summed E-state index contributed by atoms with van der Waals surface area (Å²) >= 11 is 1.40. The fourth-order valence-corrected chi connectivity index (χ4v) is 4.61. The average Bonchev–Trinajstić information content (AvgIpc) is 3.21. The van der Waals surface area contributed by atoms with E-state index < -0.39 is 17.7 Å². The predicted molar refractivity (Wildman–Crippen MR) is 125 cm³/mol. The van der Waals surface area contributed by atoms with E-state index in [1.807, 2.05) is 20.8 Å². The molecule has 2 heterocycles. The van der Waals surface area contributed by atoms with Crippen LogP contribution in [0.4, 0.5) is 4.79 Å². The largest absolute Gasteiger partial charge is 0.444 e. The number of nitrogens with zero attached hydrogens (tertiary/aromatic N) is 2. The molecular formula is C24H28N2O7S. The third-order valence-electron chi connectivity index (χ3n) is 5.10. The molecule has 34 heavy (non-hydrogen) atoms. The van der Waals surface area contributed by atoms with Gasteiger partial charge in [-0.1, -0.05) is 12.1 Å². The predicted octanol–water partition coefficient (Wildman–Crippen LogP) is 2.95. The monoisotopic (exact) mass is 488 g/mol. The second-order valence-electron chi connectivity index (χ2n) is 9.02. The number of fused-ring (bicyclic) bond motifs is 1. The smallest absolute Gasteiger partial charge is 0.410 e. The highest BCUT2D eigenvalue weighted by Gasteiger charge is 2.28. The van der Waals surface area contributed by atoms with Crippen LogP contribution in [-0.4, -0.2) is 64.9 Å². The molecule has 3 rings (SSSR count). The summed E-state index contributed by atoms with van der Waals surface area (Å²) in [6.07, 6.45) is -0.604. The van der Waals surface area contributed by atoms with Crippen molar-refractivity contribution in [3.05, 3.63) is 51.2 Å². The summed E-state index contributed by atoms with van der Waals surface area (Å²) in [6.45, 7) is 6.44. The summed E-state index contributed by atoms with van der Waals surface area (Å²) in [5.74, 6) is -1.05. The summed E-state index contributed by atoms with van der Waals surface area (Å²) in [7, 11) is 1.61. The number of carbonyl (C=O) groups excluding carboxylic acids is 4. The average molecular weight is 489 g/mol. The van der Waals surface area contributed by atoms with Crippen molar-refractivity contribution in [1.29, 1.82) is 0 Å².